The van der Waals surface area contributed by atoms with E-state index in [1.54, 1.807) is 0 Å². The van der Waals surface area contributed by atoms with Crippen molar-refractivity contribution in [2.24, 2.45) is 5.92 Å². The second kappa shape index (κ2) is 3.13. The number of rotatable bonds is 3. The molecular formula is C10H14N2. The summed E-state index contributed by atoms with van der Waals surface area (Å²) in [5, 5.41) is 3.37. The predicted molar refractivity (Wildman–Crippen MR) is 50.2 cm³/mol. The molecule has 12 heavy (non-hydrogen) atoms. The molecule has 2 nitrogen and oxygen atoms in total. The van der Waals surface area contributed by atoms with E-state index in [0.29, 0.717) is 0 Å². The summed E-state index contributed by atoms with van der Waals surface area (Å²) >= 11 is 0. The molecule has 0 saturated heterocycles. The molecule has 2 heteroatoms. The lowest BCUT2D eigenvalue weighted by molar-refractivity contribution is 0.888. The van der Waals surface area contributed by atoms with Crippen LogP contribution in [0.25, 0.3) is 0 Å². The standard InChI is InChI=1S/C10H14N2/c1-8-2-5-10(7-11-8)12-6-9-3-4-9/h2,5,7,9,12H,3-4,6H2,1H3. The van der Waals surface area contributed by atoms with Crippen LogP contribution in [0.4, 0.5) is 5.69 Å². The summed E-state index contributed by atoms with van der Waals surface area (Å²) in [6, 6.07) is 4.12. The SMILES string of the molecule is Cc1ccc(NCC2CC2)cn1. The Labute approximate surface area is 73.0 Å². The Morgan fingerprint density at radius 2 is 2.33 bits per heavy atom. The highest BCUT2D eigenvalue weighted by atomic mass is 14.9. The van der Waals surface area contributed by atoms with Gasteiger partial charge in [0.2, 0.25) is 0 Å². The first kappa shape index (κ1) is 7.59. The summed E-state index contributed by atoms with van der Waals surface area (Å²) in [6.45, 7) is 3.12. The van der Waals surface area contributed by atoms with Gasteiger partial charge in [-0.1, -0.05) is 0 Å². The van der Waals surface area contributed by atoms with Gasteiger partial charge in [-0.3, -0.25) is 4.98 Å². The Kier molecular flexibility index (Phi) is 1.98. The van der Waals surface area contributed by atoms with Gasteiger partial charge in [-0.05, 0) is 37.8 Å². The maximum atomic E-state index is 4.21. The quantitative estimate of drug-likeness (QED) is 0.737. The Hall–Kier alpha value is -1.05. The van der Waals surface area contributed by atoms with Gasteiger partial charge < -0.3 is 5.32 Å². The summed E-state index contributed by atoms with van der Waals surface area (Å²) in [5.74, 6) is 0.923. The van der Waals surface area contributed by atoms with Gasteiger partial charge in [0.05, 0.1) is 11.9 Å². The van der Waals surface area contributed by atoms with Crippen molar-refractivity contribution in [2.45, 2.75) is 19.8 Å². The van der Waals surface area contributed by atoms with Crippen molar-refractivity contribution in [2.75, 3.05) is 11.9 Å². The summed E-state index contributed by atoms with van der Waals surface area (Å²) in [4.78, 5) is 4.21. The van der Waals surface area contributed by atoms with E-state index in [2.05, 4.69) is 16.4 Å². The van der Waals surface area contributed by atoms with Gasteiger partial charge in [-0.2, -0.15) is 0 Å². The number of anilines is 1. The Bertz CT molecular complexity index is 249. The Balaban J connectivity index is 1.89. The van der Waals surface area contributed by atoms with E-state index < -0.39 is 0 Å². The number of nitrogens with zero attached hydrogens (tertiary/aromatic N) is 1. The van der Waals surface area contributed by atoms with Gasteiger partial charge in [0.1, 0.15) is 0 Å². The first-order valence-corrected chi connectivity index (χ1v) is 4.51. The minimum atomic E-state index is 0.923. The lowest BCUT2D eigenvalue weighted by Crippen LogP contribution is -2.03. The number of hydrogen-bond acceptors (Lipinski definition) is 2. The average molecular weight is 162 g/mol. The minimum Gasteiger partial charge on any atom is -0.384 e. The van der Waals surface area contributed by atoms with Crippen molar-refractivity contribution in [1.29, 1.82) is 0 Å². The van der Waals surface area contributed by atoms with Gasteiger partial charge in [-0.15, -0.1) is 0 Å². The van der Waals surface area contributed by atoms with Crippen LogP contribution in [-0.4, -0.2) is 11.5 Å². The van der Waals surface area contributed by atoms with Crippen LogP contribution < -0.4 is 5.32 Å². The number of pyridine rings is 1. The fourth-order valence-corrected chi connectivity index (χ4v) is 1.16. The molecule has 1 aromatic heterocycles. The highest BCUT2D eigenvalue weighted by molar-refractivity contribution is 5.40. The van der Waals surface area contributed by atoms with E-state index in [0.717, 1.165) is 23.8 Å². The molecule has 1 N–H and O–H groups in total. The maximum absolute atomic E-state index is 4.21. The van der Waals surface area contributed by atoms with Crippen LogP contribution in [-0.2, 0) is 0 Å². The van der Waals surface area contributed by atoms with Crippen LogP contribution in [0.1, 0.15) is 18.5 Å². The van der Waals surface area contributed by atoms with E-state index in [1.165, 1.54) is 12.8 Å². The number of hydrogen-bond donors (Lipinski definition) is 1. The molecule has 0 spiro atoms. The normalized spacial score (nSPS) is 16.1. The van der Waals surface area contributed by atoms with Crippen LogP contribution in [0.3, 0.4) is 0 Å². The Morgan fingerprint density at radius 1 is 1.50 bits per heavy atom. The van der Waals surface area contributed by atoms with Crippen molar-refractivity contribution in [3.63, 3.8) is 0 Å². The molecule has 0 unspecified atom stereocenters. The molecule has 0 bridgehead atoms. The monoisotopic (exact) mass is 162 g/mol. The molecule has 0 aliphatic heterocycles. The molecule has 1 aliphatic carbocycles. The minimum absolute atomic E-state index is 0.923. The van der Waals surface area contributed by atoms with Crippen molar-refractivity contribution in [1.82, 2.24) is 4.98 Å². The summed E-state index contributed by atoms with van der Waals surface area (Å²) in [7, 11) is 0. The van der Waals surface area contributed by atoms with Crippen LogP contribution in [0.15, 0.2) is 18.3 Å². The molecule has 0 amide bonds. The summed E-state index contributed by atoms with van der Waals surface area (Å²) < 4.78 is 0. The molecule has 0 aromatic carbocycles. The zero-order valence-electron chi connectivity index (χ0n) is 7.38. The fourth-order valence-electron chi connectivity index (χ4n) is 1.16. The zero-order chi connectivity index (χ0) is 8.39. The van der Waals surface area contributed by atoms with E-state index >= 15 is 0 Å². The van der Waals surface area contributed by atoms with Gasteiger partial charge in [0, 0.05) is 12.2 Å². The number of aryl methyl sites for hydroxylation is 1. The lowest BCUT2D eigenvalue weighted by atomic mass is 10.3. The smallest absolute Gasteiger partial charge is 0.0527 e. The second-order valence-electron chi connectivity index (χ2n) is 3.51. The van der Waals surface area contributed by atoms with Crippen LogP contribution >= 0.6 is 0 Å². The van der Waals surface area contributed by atoms with Crippen molar-refractivity contribution < 1.29 is 0 Å². The third kappa shape index (κ3) is 1.97. The van der Waals surface area contributed by atoms with E-state index in [1.807, 2.05) is 19.2 Å². The predicted octanol–water partition coefficient (Wildman–Crippen LogP) is 2.21. The molecule has 1 aliphatic rings. The largest absolute Gasteiger partial charge is 0.384 e. The highest BCUT2D eigenvalue weighted by Crippen LogP contribution is 2.28. The van der Waals surface area contributed by atoms with E-state index in [9.17, 15) is 0 Å². The number of nitrogens with one attached hydrogen (secondary N) is 1. The molecule has 2 rings (SSSR count). The Morgan fingerprint density at radius 3 is 2.92 bits per heavy atom. The molecular weight excluding hydrogens is 148 g/mol. The fraction of sp³-hybridized carbons (Fsp3) is 0.500. The number of aromatic nitrogens is 1. The van der Waals surface area contributed by atoms with E-state index in [4.69, 9.17) is 0 Å². The third-order valence-electron chi connectivity index (χ3n) is 2.20. The molecule has 1 saturated carbocycles. The van der Waals surface area contributed by atoms with Crippen molar-refractivity contribution in [3.8, 4) is 0 Å². The van der Waals surface area contributed by atoms with Crippen molar-refractivity contribution in [3.05, 3.63) is 24.0 Å². The van der Waals surface area contributed by atoms with Crippen molar-refractivity contribution >= 4 is 5.69 Å². The third-order valence-corrected chi connectivity index (χ3v) is 2.20. The molecule has 1 fully saturated rings. The summed E-state index contributed by atoms with van der Waals surface area (Å²) in [6.07, 6.45) is 4.69. The average Bonchev–Trinajstić information content (AvgIpc) is 2.87. The van der Waals surface area contributed by atoms with Gasteiger partial charge in [0.25, 0.3) is 0 Å². The maximum Gasteiger partial charge on any atom is 0.0527 e. The highest BCUT2D eigenvalue weighted by Gasteiger charge is 2.20. The molecule has 0 radical (unpaired) electrons. The molecule has 1 heterocycles. The van der Waals surface area contributed by atoms with Crippen LogP contribution in [0, 0.1) is 12.8 Å². The second-order valence-corrected chi connectivity index (χ2v) is 3.51. The molecule has 1 aromatic rings. The first-order chi connectivity index (χ1) is 5.84. The first-order valence-electron chi connectivity index (χ1n) is 4.51. The zero-order valence-corrected chi connectivity index (χ0v) is 7.38. The van der Waals surface area contributed by atoms with E-state index in [-0.39, 0.29) is 0 Å². The molecule has 64 valence electrons. The summed E-state index contributed by atoms with van der Waals surface area (Å²) in [5.41, 5.74) is 2.22. The van der Waals surface area contributed by atoms with Gasteiger partial charge in [0.15, 0.2) is 0 Å². The van der Waals surface area contributed by atoms with Crippen LogP contribution in [0.2, 0.25) is 0 Å². The molecule has 0 atom stereocenters. The van der Waals surface area contributed by atoms with Gasteiger partial charge in [-0.25, -0.2) is 0 Å². The van der Waals surface area contributed by atoms with Gasteiger partial charge >= 0.3 is 0 Å². The topological polar surface area (TPSA) is 24.9 Å². The van der Waals surface area contributed by atoms with Crippen LogP contribution in [0.5, 0.6) is 0 Å². The lowest BCUT2D eigenvalue weighted by Gasteiger charge is -2.03.